The fourth-order valence-corrected chi connectivity index (χ4v) is 3.05. The molecule has 2 unspecified atom stereocenters. The van der Waals surface area contributed by atoms with Crippen LogP contribution in [0.25, 0.3) is 11.0 Å². The van der Waals surface area contributed by atoms with Gasteiger partial charge in [0.1, 0.15) is 0 Å². The van der Waals surface area contributed by atoms with Crippen LogP contribution in [0.3, 0.4) is 0 Å². The zero-order chi connectivity index (χ0) is 14.1. The number of aromatic nitrogens is 2. The standard InChI is InChI=1S/C15H18N2O3/c18-12-3-1-2-10(6-12)8-17-9-16-13-7-11(15(19)20)4-5-14(13)17/h4-5,7,9-10,12,18H,1-3,6,8H2,(H,19,20). The minimum Gasteiger partial charge on any atom is -0.478 e. The van der Waals surface area contributed by atoms with E-state index in [0.717, 1.165) is 37.7 Å². The summed E-state index contributed by atoms with van der Waals surface area (Å²) in [4.78, 5) is 15.2. The van der Waals surface area contributed by atoms with E-state index < -0.39 is 5.97 Å². The van der Waals surface area contributed by atoms with E-state index in [4.69, 9.17) is 5.11 Å². The van der Waals surface area contributed by atoms with Gasteiger partial charge in [-0.05, 0) is 43.4 Å². The Morgan fingerprint density at radius 1 is 1.40 bits per heavy atom. The average molecular weight is 274 g/mol. The van der Waals surface area contributed by atoms with Crippen molar-refractivity contribution in [1.82, 2.24) is 9.55 Å². The third-order valence-electron chi connectivity index (χ3n) is 4.08. The molecule has 1 aliphatic rings. The molecule has 1 saturated carbocycles. The quantitative estimate of drug-likeness (QED) is 0.900. The van der Waals surface area contributed by atoms with Crippen molar-refractivity contribution in [1.29, 1.82) is 0 Å². The molecule has 5 heteroatoms. The molecular formula is C15H18N2O3. The first-order chi connectivity index (χ1) is 9.63. The van der Waals surface area contributed by atoms with Gasteiger partial charge in [-0.25, -0.2) is 9.78 Å². The van der Waals surface area contributed by atoms with Gasteiger partial charge in [0.2, 0.25) is 0 Å². The van der Waals surface area contributed by atoms with E-state index in [0.29, 0.717) is 11.4 Å². The number of aromatic carboxylic acids is 1. The summed E-state index contributed by atoms with van der Waals surface area (Å²) in [5, 5.41) is 18.7. The van der Waals surface area contributed by atoms with Gasteiger partial charge in [-0.1, -0.05) is 6.42 Å². The Morgan fingerprint density at radius 3 is 3.00 bits per heavy atom. The molecule has 0 aliphatic heterocycles. The van der Waals surface area contributed by atoms with E-state index in [1.54, 1.807) is 18.5 Å². The summed E-state index contributed by atoms with van der Waals surface area (Å²) in [6.07, 6.45) is 5.53. The third-order valence-corrected chi connectivity index (χ3v) is 4.08. The second-order valence-corrected chi connectivity index (χ2v) is 5.59. The molecule has 1 aromatic heterocycles. The summed E-state index contributed by atoms with van der Waals surface area (Å²) >= 11 is 0. The van der Waals surface area contributed by atoms with Crippen LogP contribution in [-0.2, 0) is 6.54 Å². The van der Waals surface area contributed by atoms with E-state index in [1.807, 2.05) is 6.07 Å². The highest BCUT2D eigenvalue weighted by molar-refractivity contribution is 5.92. The molecule has 0 saturated heterocycles. The van der Waals surface area contributed by atoms with Gasteiger partial charge in [0, 0.05) is 6.54 Å². The number of aliphatic hydroxyl groups is 1. The maximum Gasteiger partial charge on any atom is 0.335 e. The Kier molecular flexibility index (Phi) is 3.44. The van der Waals surface area contributed by atoms with Gasteiger partial charge < -0.3 is 14.8 Å². The number of hydrogen-bond donors (Lipinski definition) is 2. The molecule has 0 amide bonds. The first kappa shape index (κ1) is 13.1. The number of nitrogens with zero attached hydrogens (tertiary/aromatic N) is 2. The van der Waals surface area contributed by atoms with E-state index in [1.165, 1.54) is 0 Å². The Morgan fingerprint density at radius 2 is 2.25 bits per heavy atom. The van der Waals surface area contributed by atoms with Crippen molar-refractivity contribution in [2.45, 2.75) is 38.3 Å². The molecule has 0 radical (unpaired) electrons. The highest BCUT2D eigenvalue weighted by Crippen LogP contribution is 2.27. The lowest BCUT2D eigenvalue weighted by Gasteiger charge is -2.26. The van der Waals surface area contributed by atoms with Crippen LogP contribution in [0, 0.1) is 5.92 Å². The number of carbonyl (C=O) groups is 1. The Bertz CT molecular complexity index is 635. The van der Waals surface area contributed by atoms with Crippen LogP contribution in [0.4, 0.5) is 0 Å². The van der Waals surface area contributed by atoms with Crippen molar-refractivity contribution in [3.63, 3.8) is 0 Å². The number of aliphatic hydroxyl groups excluding tert-OH is 1. The number of carboxylic acids is 1. The predicted octanol–water partition coefficient (Wildman–Crippen LogP) is 2.29. The summed E-state index contributed by atoms with van der Waals surface area (Å²) in [6.45, 7) is 0.833. The predicted molar refractivity (Wildman–Crippen MR) is 74.7 cm³/mol. The monoisotopic (exact) mass is 274 g/mol. The average Bonchev–Trinajstić information content (AvgIpc) is 2.81. The van der Waals surface area contributed by atoms with Gasteiger partial charge in [-0.3, -0.25) is 0 Å². The number of imidazole rings is 1. The SMILES string of the molecule is O=C(O)c1ccc2c(c1)ncn2CC1CCCC(O)C1. The second kappa shape index (κ2) is 5.25. The van der Waals surface area contributed by atoms with Crippen LogP contribution in [0.2, 0.25) is 0 Å². The smallest absolute Gasteiger partial charge is 0.335 e. The van der Waals surface area contributed by atoms with E-state index in [2.05, 4.69) is 9.55 Å². The molecule has 0 spiro atoms. The van der Waals surface area contributed by atoms with Crippen LogP contribution in [0.5, 0.6) is 0 Å². The van der Waals surface area contributed by atoms with Crippen molar-refractivity contribution in [3.8, 4) is 0 Å². The molecule has 2 aromatic rings. The molecule has 106 valence electrons. The number of carboxylic acid groups (broad SMARTS) is 1. The highest BCUT2D eigenvalue weighted by atomic mass is 16.4. The number of fused-ring (bicyclic) bond motifs is 1. The molecule has 5 nitrogen and oxygen atoms in total. The van der Waals surface area contributed by atoms with E-state index >= 15 is 0 Å². The van der Waals surface area contributed by atoms with Gasteiger partial charge >= 0.3 is 5.97 Å². The van der Waals surface area contributed by atoms with Gasteiger partial charge in [0.05, 0.1) is 29.0 Å². The number of benzene rings is 1. The maximum absolute atomic E-state index is 10.9. The van der Waals surface area contributed by atoms with Crippen LogP contribution < -0.4 is 0 Å². The summed E-state index contributed by atoms with van der Waals surface area (Å²) in [5.74, 6) is -0.466. The topological polar surface area (TPSA) is 75.3 Å². The molecule has 0 bridgehead atoms. The number of rotatable bonds is 3. The molecule has 1 heterocycles. The van der Waals surface area contributed by atoms with Crippen LogP contribution in [-0.4, -0.2) is 31.8 Å². The Labute approximate surface area is 116 Å². The van der Waals surface area contributed by atoms with Gasteiger partial charge in [-0.15, -0.1) is 0 Å². The van der Waals surface area contributed by atoms with Gasteiger partial charge in [0.15, 0.2) is 0 Å². The van der Waals surface area contributed by atoms with Crippen molar-refractivity contribution in [2.24, 2.45) is 5.92 Å². The van der Waals surface area contributed by atoms with E-state index in [9.17, 15) is 9.90 Å². The van der Waals surface area contributed by atoms with Crippen LogP contribution >= 0.6 is 0 Å². The lowest BCUT2D eigenvalue weighted by atomic mass is 9.87. The highest BCUT2D eigenvalue weighted by Gasteiger charge is 2.21. The summed E-state index contributed by atoms with van der Waals surface area (Å²) in [6, 6.07) is 5.02. The van der Waals surface area contributed by atoms with Crippen LogP contribution in [0.15, 0.2) is 24.5 Å². The van der Waals surface area contributed by atoms with Crippen molar-refractivity contribution in [2.75, 3.05) is 0 Å². The van der Waals surface area contributed by atoms with Crippen molar-refractivity contribution < 1.29 is 15.0 Å². The maximum atomic E-state index is 10.9. The van der Waals surface area contributed by atoms with Gasteiger partial charge in [-0.2, -0.15) is 0 Å². The third kappa shape index (κ3) is 2.54. The van der Waals surface area contributed by atoms with Gasteiger partial charge in [0.25, 0.3) is 0 Å². The Balaban J connectivity index is 1.83. The van der Waals surface area contributed by atoms with Crippen LogP contribution in [0.1, 0.15) is 36.0 Å². The lowest BCUT2D eigenvalue weighted by Crippen LogP contribution is -2.22. The zero-order valence-corrected chi connectivity index (χ0v) is 11.2. The molecule has 1 fully saturated rings. The fourth-order valence-electron chi connectivity index (χ4n) is 3.05. The molecule has 1 aliphatic carbocycles. The molecule has 3 rings (SSSR count). The summed E-state index contributed by atoms with van der Waals surface area (Å²) < 4.78 is 2.06. The normalized spacial score (nSPS) is 23.1. The minimum absolute atomic E-state index is 0.179. The van der Waals surface area contributed by atoms with E-state index in [-0.39, 0.29) is 11.7 Å². The van der Waals surface area contributed by atoms with Crippen molar-refractivity contribution >= 4 is 17.0 Å². The fraction of sp³-hybridized carbons (Fsp3) is 0.467. The molecule has 2 N–H and O–H groups in total. The first-order valence-electron chi connectivity index (χ1n) is 7.00. The molecular weight excluding hydrogens is 256 g/mol. The first-order valence-corrected chi connectivity index (χ1v) is 7.00. The van der Waals surface area contributed by atoms with Crippen molar-refractivity contribution in [3.05, 3.63) is 30.1 Å². The minimum atomic E-state index is -0.933. The number of hydrogen-bond acceptors (Lipinski definition) is 3. The Hall–Kier alpha value is -1.88. The molecule has 2 atom stereocenters. The molecule has 1 aromatic carbocycles. The summed E-state index contributed by atoms with van der Waals surface area (Å²) in [5.41, 5.74) is 1.92. The molecule has 20 heavy (non-hydrogen) atoms. The largest absolute Gasteiger partial charge is 0.478 e. The second-order valence-electron chi connectivity index (χ2n) is 5.59. The lowest BCUT2D eigenvalue weighted by molar-refractivity contribution is 0.0697. The zero-order valence-electron chi connectivity index (χ0n) is 11.2. The summed E-state index contributed by atoms with van der Waals surface area (Å²) in [7, 11) is 0.